The highest BCUT2D eigenvalue weighted by Gasteiger charge is 2.19. The maximum Gasteiger partial charge on any atom is 0.358 e. The molecule has 0 atom stereocenters. The van der Waals surface area contributed by atoms with Crippen LogP contribution in [0.5, 0.6) is 5.75 Å². The zero-order valence-electron chi connectivity index (χ0n) is 15.6. The van der Waals surface area contributed by atoms with Crippen LogP contribution in [0.15, 0.2) is 72.6 Å². The van der Waals surface area contributed by atoms with Crippen molar-refractivity contribution in [3.63, 3.8) is 0 Å². The summed E-state index contributed by atoms with van der Waals surface area (Å²) in [7, 11) is 0. The summed E-state index contributed by atoms with van der Waals surface area (Å²) in [6.45, 7) is 7.04. The molecule has 0 aliphatic rings. The molecule has 0 saturated heterocycles. The molecule has 7 heteroatoms. The van der Waals surface area contributed by atoms with Crippen molar-refractivity contribution in [3.05, 3.63) is 72.6 Å². The predicted molar refractivity (Wildman–Crippen MR) is 114 cm³/mol. The van der Waals surface area contributed by atoms with Crippen molar-refractivity contribution in [2.75, 3.05) is 17.3 Å². The van der Waals surface area contributed by atoms with Crippen molar-refractivity contribution in [1.29, 1.82) is 0 Å². The average molecular weight is 396 g/mol. The van der Waals surface area contributed by atoms with Crippen molar-refractivity contribution < 1.29 is 14.1 Å². The van der Waals surface area contributed by atoms with Crippen molar-refractivity contribution in [2.45, 2.75) is 13.5 Å². The number of nitrogens with zero attached hydrogens (tertiary/aromatic N) is 1. The Kier molecular flexibility index (Phi) is 6.64. The zero-order chi connectivity index (χ0) is 19.8. The highest BCUT2D eigenvalue weighted by atomic mass is 32.1. The first-order valence-electron chi connectivity index (χ1n) is 8.94. The summed E-state index contributed by atoms with van der Waals surface area (Å²) in [5, 5.41) is 5.61. The number of aromatic nitrogens is 1. The maximum absolute atomic E-state index is 12.1. The van der Waals surface area contributed by atoms with Gasteiger partial charge >= 0.3 is 11.2 Å². The molecule has 0 unspecified atom stereocenters. The summed E-state index contributed by atoms with van der Waals surface area (Å²) >= 11 is 1.50. The van der Waals surface area contributed by atoms with Gasteiger partial charge in [-0.05, 0) is 43.3 Å². The molecule has 3 rings (SSSR count). The van der Waals surface area contributed by atoms with E-state index in [1.165, 1.54) is 11.3 Å². The van der Waals surface area contributed by atoms with Crippen molar-refractivity contribution in [1.82, 2.24) is 5.43 Å². The molecule has 0 aliphatic carbocycles. The van der Waals surface area contributed by atoms with Crippen LogP contribution in [-0.2, 0) is 6.54 Å². The lowest BCUT2D eigenvalue weighted by molar-refractivity contribution is -0.658. The molecule has 0 spiro atoms. The van der Waals surface area contributed by atoms with Crippen LogP contribution in [0.1, 0.15) is 6.92 Å². The summed E-state index contributed by atoms with van der Waals surface area (Å²) in [6.07, 6.45) is 1.82. The SMILES string of the molecule is C=CC[n+]1c(-c2ccc(OCC)cc2)csc1NNC(=O)Nc1ccccc1. The van der Waals surface area contributed by atoms with E-state index >= 15 is 0 Å². The number of ether oxygens (including phenoxy) is 1. The summed E-state index contributed by atoms with van der Waals surface area (Å²) in [5.41, 5.74) is 8.47. The number of allylic oxidation sites excluding steroid dienone is 1. The van der Waals surface area contributed by atoms with Gasteiger partial charge in [-0.1, -0.05) is 42.2 Å². The third kappa shape index (κ3) is 4.89. The van der Waals surface area contributed by atoms with Gasteiger partial charge in [-0.15, -0.1) is 0 Å². The van der Waals surface area contributed by atoms with E-state index in [1.54, 1.807) is 0 Å². The van der Waals surface area contributed by atoms with Crippen LogP contribution < -0.4 is 25.5 Å². The van der Waals surface area contributed by atoms with Gasteiger partial charge in [0.15, 0.2) is 0 Å². The van der Waals surface area contributed by atoms with Crippen LogP contribution in [0.4, 0.5) is 15.6 Å². The van der Waals surface area contributed by atoms with Gasteiger partial charge in [0, 0.05) is 16.6 Å². The number of thiazole rings is 1. The first-order chi connectivity index (χ1) is 13.7. The molecule has 3 N–H and O–H groups in total. The Labute approximate surface area is 168 Å². The van der Waals surface area contributed by atoms with E-state index in [0.717, 1.165) is 27.8 Å². The van der Waals surface area contributed by atoms with Crippen LogP contribution in [0, 0.1) is 0 Å². The summed E-state index contributed by atoms with van der Waals surface area (Å²) in [5.74, 6) is 0.842. The van der Waals surface area contributed by atoms with Gasteiger partial charge in [-0.3, -0.25) is 0 Å². The second-order valence-electron chi connectivity index (χ2n) is 5.85. The molecule has 0 bridgehead atoms. The lowest BCUT2D eigenvalue weighted by Gasteiger charge is -2.07. The minimum Gasteiger partial charge on any atom is -0.494 e. The fourth-order valence-electron chi connectivity index (χ4n) is 2.66. The molecule has 28 heavy (non-hydrogen) atoms. The second kappa shape index (κ2) is 9.57. The summed E-state index contributed by atoms with van der Waals surface area (Å²) in [4.78, 5) is 12.1. The molecule has 1 aromatic heterocycles. The zero-order valence-corrected chi connectivity index (χ0v) is 16.5. The largest absolute Gasteiger partial charge is 0.494 e. The van der Waals surface area contributed by atoms with Gasteiger partial charge in [0.05, 0.1) is 6.61 Å². The lowest BCUT2D eigenvalue weighted by Crippen LogP contribution is -2.41. The minimum absolute atomic E-state index is 0.340. The monoisotopic (exact) mass is 395 g/mol. The van der Waals surface area contributed by atoms with Crippen LogP contribution in [0.25, 0.3) is 11.3 Å². The maximum atomic E-state index is 12.1. The smallest absolute Gasteiger partial charge is 0.358 e. The molecule has 0 radical (unpaired) electrons. The number of rotatable bonds is 8. The predicted octanol–water partition coefficient (Wildman–Crippen LogP) is 4.44. The molecule has 2 amide bonds. The van der Waals surface area contributed by atoms with Crippen molar-refractivity contribution in [3.8, 4) is 17.0 Å². The summed E-state index contributed by atoms with van der Waals surface area (Å²) in [6, 6.07) is 16.9. The van der Waals surface area contributed by atoms with Crippen molar-refractivity contribution in [2.24, 2.45) is 0 Å². The van der Waals surface area contributed by atoms with E-state index in [-0.39, 0.29) is 6.03 Å². The van der Waals surface area contributed by atoms with E-state index < -0.39 is 0 Å². The van der Waals surface area contributed by atoms with Gasteiger partial charge < -0.3 is 10.1 Å². The number of hydrogen-bond donors (Lipinski definition) is 3. The van der Waals surface area contributed by atoms with E-state index in [0.29, 0.717) is 13.2 Å². The molecule has 144 valence electrons. The first kappa shape index (κ1) is 19.4. The molecular formula is C21H23N4O2S+. The Morgan fingerprint density at radius 3 is 2.61 bits per heavy atom. The highest BCUT2D eigenvalue weighted by Crippen LogP contribution is 2.25. The Morgan fingerprint density at radius 1 is 1.18 bits per heavy atom. The second-order valence-corrected chi connectivity index (χ2v) is 6.71. The van der Waals surface area contributed by atoms with Gasteiger partial charge in [0.25, 0.3) is 0 Å². The fraction of sp³-hybridized carbons (Fsp3) is 0.143. The van der Waals surface area contributed by atoms with Crippen LogP contribution in [0.3, 0.4) is 0 Å². The van der Waals surface area contributed by atoms with E-state index in [9.17, 15) is 4.79 Å². The Morgan fingerprint density at radius 2 is 1.93 bits per heavy atom. The van der Waals surface area contributed by atoms with Gasteiger partial charge in [-0.2, -0.15) is 10.9 Å². The molecule has 6 nitrogen and oxygen atoms in total. The summed E-state index contributed by atoms with van der Waals surface area (Å²) < 4.78 is 7.56. The number of benzene rings is 2. The van der Waals surface area contributed by atoms with E-state index in [2.05, 4.69) is 27.3 Å². The van der Waals surface area contributed by atoms with Gasteiger partial charge in [0.1, 0.15) is 18.0 Å². The van der Waals surface area contributed by atoms with Crippen LogP contribution in [-0.4, -0.2) is 12.6 Å². The van der Waals surface area contributed by atoms with Crippen molar-refractivity contribution >= 4 is 28.2 Å². The molecule has 2 aromatic carbocycles. The average Bonchev–Trinajstić information content (AvgIpc) is 3.11. The van der Waals surface area contributed by atoms with Crippen LogP contribution >= 0.6 is 11.3 Å². The topological polar surface area (TPSA) is 66.3 Å². The molecule has 0 saturated carbocycles. The Bertz CT molecular complexity index is 923. The molecule has 0 fully saturated rings. The molecule has 1 heterocycles. The number of carbonyl (C=O) groups excluding carboxylic acids is 1. The van der Waals surface area contributed by atoms with Gasteiger partial charge in [0.2, 0.25) is 0 Å². The number of carbonyl (C=O) groups is 1. The van der Waals surface area contributed by atoms with E-state index in [1.807, 2.05) is 73.0 Å². The number of anilines is 2. The van der Waals surface area contributed by atoms with E-state index in [4.69, 9.17) is 4.74 Å². The number of hydrazine groups is 1. The number of urea groups is 1. The Hall–Kier alpha value is -3.32. The number of nitrogens with one attached hydrogen (secondary N) is 3. The third-order valence-corrected chi connectivity index (χ3v) is 4.79. The number of hydrogen-bond acceptors (Lipinski definition) is 4. The normalized spacial score (nSPS) is 10.2. The quantitative estimate of drug-likeness (QED) is 0.300. The molecular weight excluding hydrogens is 372 g/mol. The third-order valence-electron chi connectivity index (χ3n) is 3.91. The number of para-hydroxylation sites is 1. The number of amides is 2. The van der Waals surface area contributed by atoms with Gasteiger partial charge in [-0.25, -0.2) is 9.36 Å². The highest BCUT2D eigenvalue weighted by molar-refractivity contribution is 7.13. The lowest BCUT2D eigenvalue weighted by atomic mass is 10.1. The minimum atomic E-state index is -0.340. The molecule has 3 aromatic rings. The molecule has 0 aliphatic heterocycles. The standard InChI is InChI=1S/C21H22N4O2S/c1-3-14-25-19(16-10-12-18(13-11-16)27-4-2)15-28-21(25)24-23-20(26)22-17-8-6-5-7-9-17/h3,5-13,15H,1,4,14H2,2H3,(H2,22,23,26)/p+1. The Balaban J connectivity index is 1.71. The first-order valence-corrected chi connectivity index (χ1v) is 9.82. The van der Waals surface area contributed by atoms with Crippen LogP contribution in [0.2, 0.25) is 0 Å². The fourth-order valence-corrected chi connectivity index (χ4v) is 3.56.